The lowest BCUT2D eigenvalue weighted by Gasteiger charge is -2.37. The normalized spacial score (nSPS) is 21.7. The number of likely N-dealkylation sites (tertiary alicyclic amines) is 1. The quantitative estimate of drug-likeness (QED) is 0.766. The predicted molar refractivity (Wildman–Crippen MR) is 93.6 cm³/mol. The molecule has 2 saturated heterocycles. The molecule has 0 spiro atoms. The van der Waals surface area contributed by atoms with E-state index in [4.69, 9.17) is 18.9 Å². The van der Waals surface area contributed by atoms with E-state index in [-0.39, 0.29) is 18.2 Å². The highest BCUT2D eigenvalue weighted by Gasteiger charge is 2.35. The van der Waals surface area contributed by atoms with Gasteiger partial charge in [0.05, 0.1) is 33.5 Å². The topological polar surface area (TPSA) is 57.2 Å². The van der Waals surface area contributed by atoms with Crippen molar-refractivity contribution >= 4 is 12.0 Å². The molecule has 0 N–H and O–H groups in total. The first-order valence-corrected chi connectivity index (χ1v) is 8.66. The number of carbonyl (C=O) groups excluding carboxylic acids is 1. The Kier molecular flexibility index (Phi) is 5.94. The number of amides is 1. The zero-order chi connectivity index (χ0) is 17.6. The second-order valence-corrected chi connectivity index (χ2v) is 6.18. The minimum atomic E-state index is -0.297. The summed E-state index contributed by atoms with van der Waals surface area (Å²) >= 11 is 0. The van der Waals surface area contributed by atoms with Crippen molar-refractivity contribution in [3.63, 3.8) is 0 Å². The average molecular weight is 347 g/mol. The minimum absolute atomic E-state index is 0.00625. The number of ether oxygens (including phenoxy) is 4. The molecule has 0 saturated carbocycles. The van der Waals surface area contributed by atoms with Crippen LogP contribution in [0.1, 0.15) is 24.8 Å². The van der Waals surface area contributed by atoms with Gasteiger partial charge in [-0.15, -0.1) is 0 Å². The van der Waals surface area contributed by atoms with Crippen molar-refractivity contribution in [2.45, 2.75) is 31.6 Å². The number of rotatable bonds is 5. The van der Waals surface area contributed by atoms with Gasteiger partial charge >= 0.3 is 0 Å². The Morgan fingerprint density at radius 3 is 2.44 bits per heavy atom. The molecule has 6 heteroatoms. The Balaban J connectivity index is 1.72. The minimum Gasteiger partial charge on any atom is -0.497 e. The Morgan fingerprint density at radius 1 is 1.12 bits per heavy atom. The molecule has 0 radical (unpaired) electrons. The van der Waals surface area contributed by atoms with Gasteiger partial charge in [-0.1, -0.05) is 0 Å². The van der Waals surface area contributed by atoms with Crippen LogP contribution < -0.4 is 9.47 Å². The van der Waals surface area contributed by atoms with Crippen molar-refractivity contribution in [3.05, 3.63) is 29.8 Å². The number of hydrogen-bond donors (Lipinski definition) is 0. The SMILES string of the molecule is COc1cc(/C=C/C(=O)N2CCCCC2C2OCCO2)cc(OC)c1. The third kappa shape index (κ3) is 4.32. The Hall–Kier alpha value is -2.05. The molecular weight excluding hydrogens is 322 g/mol. The van der Waals surface area contributed by atoms with Gasteiger partial charge in [0.2, 0.25) is 5.91 Å². The van der Waals surface area contributed by atoms with Gasteiger partial charge < -0.3 is 23.8 Å². The number of hydrogen-bond acceptors (Lipinski definition) is 5. The third-order valence-corrected chi connectivity index (χ3v) is 4.59. The fourth-order valence-corrected chi connectivity index (χ4v) is 3.30. The highest BCUT2D eigenvalue weighted by molar-refractivity contribution is 5.92. The summed E-state index contributed by atoms with van der Waals surface area (Å²) in [5, 5.41) is 0. The van der Waals surface area contributed by atoms with Gasteiger partial charge in [-0.05, 0) is 43.0 Å². The van der Waals surface area contributed by atoms with E-state index in [1.807, 2.05) is 17.0 Å². The van der Waals surface area contributed by atoms with E-state index in [0.29, 0.717) is 24.7 Å². The molecule has 1 amide bonds. The lowest BCUT2D eigenvalue weighted by Crippen LogP contribution is -2.49. The van der Waals surface area contributed by atoms with E-state index in [1.54, 1.807) is 32.4 Å². The van der Waals surface area contributed by atoms with E-state index < -0.39 is 0 Å². The lowest BCUT2D eigenvalue weighted by molar-refractivity contribution is -0.145. The molecule has 1 unspecified atom stereocenters. The summed E-state index contributed by atoms with van der Waals surface area (Å²) in [6.45, 7) is 1.93. The van der Waals surface area contributed by atoms with Crippen LogP contribution in [-0.4, -0.2) is 57.1 Å². The molecule has 6 nitrogen and oxygen atoms in total. The van der Waals surface area contributed by atoms with E-state index in [1.165, 1.54) is 0 Å². The van der Waals surface area contributed by atoms with Gasteiger partial charge in [0.1, 0.15) is 11.5 Å². The van der Waals surface area contributed by atoms with Crippen molar-refractivity contribution in [2.24, 2.45) is 0 Å². The molecule has 0 bridgehead atoms. The summed E-state index contributed by atoms with van der Waals surface area (Å²) in [6.07, 6.45) is 6.10. The van der Waals surface area contributed by atoms with Crippen LogP contribution in [0.3, 0.4) is 0 Å². The zero-order valence-electron chi connectivity index (χ0n) is 14.8. The molecule has 0 aromatic heterocycles. The maximum Gasteiger partial charge on any atom is 0.246 e. The number of nitrogens with zero attached hydrogens (tertiary/aromatic N) is 1. The van der Waals surface area contributed by atoms with E-state index in [0.717, 1.165) is 31.4 Å². The number of methoxy groups -OCH3 is 2. The molecule has 0 aliphatic carbocycles. The third-order valence-electron chi connectivity index (χ3n) is 4.59. The van der Waals surface area contributed by atoms with Crippen LogP contribution >= 0.6 is 0 Å². The van der Waals surface area contributed by atoms with Gasteiger partial charge in [-0.3, -0.25) is 4.79 Å². The zero-order valence-corrected chi connectivity index (χ0v) is 14.8. The van der Waals surface area contributed by atoms with Crippen molar-refractivity contribution in [1.29, 1.82) is 0 Å². The fourth-order valence-electron chi connectivity index (χ4n) is 3.30. The van der Waals surface area contributed by atoms with Gasteiger partial charge in [-0.2, -0.15) is 0 Å². The predicted octanol–water partition coefficient (Wildman–Crippen LogP) is 2.47. The van der Waals surface area contributed by atoms with Crippen LogP contribution in [0.5, 0.6) is 11.5 Å². The van der Waals surface area contributed by atoms with Gasteiger partial charge in [-0.25, -0.2) is 0 Å². The molecule has 1 aromatic rings. The molecule has 2 aliphatic rings. The summed E-state index contributed by atoms with van der Waals surface area (Å²) < 4.78 is 21.8. The van der Waals surface area contributed by atoms with E-state index in [2.05, 4.69) is 0 Å². The standard InChI is InChI=1S/C19H25NO5/c1-22-15-11-14(12-16(13-15)23-2)6-7-18(21)20-8-4-3-5-17(20)19-24-9-10-25-19/h6-7,11-13,17,19H,3-5,8-10H2,1-2H3/b7-6+. The Morgan fingerprint density at radius 2 is 1.80 bits per heavy atom. The van der Waals surface area contributed by atoms with Crippen LogP contribution in [0.25, 0.3) is 6.08 Å². The number of carbonyl (C=O) groups is 1. The molecule has 2 aliphatic heterocycles. The molecule has 2 heterocycles. The van der Waals surface area contributed by atoms with Crippen molar-refractivity contribution in [2.75, 3.05) is 34.0 Å². The van der Waals surface area contributed by atoms with E-state index in [9.17, 15) is 4.79 Å². The van der Waals surface area contributed by atoms with Gasteiger partial charge in [0.15, 0.2) is 6.29 Å². The van der Waals surface area contributed by atoms with Crippen molar-refractivity contribution < 1.29 is 23.7 Å². The monoisotopic (exact) mass is 347 g/mol. The smallest absolute Gasteiger partial charge is 0.246 e. The van der Waals surface area contributed by atoms with E-state index >= 15 is 0 Å². The highest BCUT2D eigenvalue weighted by Crippen LogP contribution is 2.26. The molecule has 1 atom stereocenters. The molecule has 2 fully saturated rings. The molecule has 25 heavy (non-hydrogen) atoms. The Labute approximate surface area is 148 Å². The second-order valence-electron chi connectivity index (χ2n) is 6.18. The van der Waals surface area contributed by atoms with Gasteiger partial charge in [0.25, 0.3) is 0 Å². The fraction of sp³-hybridized carbons (Fsp3) is 0.526. The summed E-state index contributed by atoms with van der Waals surface area (Å²) in [5.74, 6) is 1.36. The largest absolute Gasteiger partial charge is 0.497 e. The molecule has 3 rings (SSSR count). The Bertz CT molecular complexity index is 602. The number of piperidine rings is 1. The van der Waals surface area contributed by atoms with Crippen LogP contribution in [0, 0.1) is 0 Å². The summed E-state index contributed by atoms with van der Waals surface area (Å²) in [4.78, 5) is 14.6. The first-order valence-electron chi connectivity index (χ1n) is 8.66. The van der Waals surface area contributed by atoms with Crippen molar-refractivity contribution in [1.82, 2.24) is 4.90 Å². The summed E-state index contributed by atoms with van der Waals surface area (Å²) in [6, 6.07) is 5.52. The number of benzene rings is 1. The van der Waals surface area contributed by atoms with Crippen LogP contribution in [-0.2, 0) is 14.3 Å². The van der Waals surface area contributed by atoms with Gasteiger partial charge in [0, 0.05) is 18.7 Å². The summed E-state index contributed by atoms with van der Waals surface area (Å²) in [7, 11) is 3.21. The molecular formula is C19H25NO5. The second kappa shape index (κ2) is 8.36. The highest BCUT2D eigenvalue weighted by atomic mass is 16.7. The first-order chi connectivity index (χ1) is 12.2. The maximum absolute atomic E-state index is 12.7. The van der Waals surface area contributed by atoms with Crippen LogP contribution in [0.4, 0.5) is 0 Å². The maximum atomic E-state index is 12.7. The lowest BCUT2D eigenvalue weighted by atomic mass is 10.0. The molecule has 136 valence electrons. The summed E-state index contributed by atoms with van der Waals surface area (Å²) in [5.41, 5.74) is 0.853. The van der Waals surface area contributed by atoms with Crippen molar-refractivity contribution in [3.8, 4) is 11.5 Å². The average Bonchev–Trinajstić information content (AvgIpc) is 3.20. The molecule has 1 aromatic carbocycles. The first kappa shape index (κ1) is 17.8. The van der Waals surface area contributed by atoms with Crippen LogP contribution in [0.2, 0.25) is 0 Å². The van der Waals surface area contributed by atoms with Crippen LogP contribution in [0.15, 0.2) is 24.3 Å².